The van der Waals surface area contributed by atoms with Gasteiger partial charge in [-0.05, 0) is 40.3 Å². The zero-order valence-electron chi connectivity index (χ0n) is 16.4. The first-order valence-electron chi connectivity index (χ1n) is 9.59. The van der Waals surface area contributed by atoms with E-state index in [1.165, 1.54) is 0 Å². The Morgan fingerprint density at radius 1 is 1.27 bits per heavy atom. The zero-order valence-corrected chi connectivity index (χ0v) is 18.4. The molecule has 1 aromatic carbocycles. The average molecular weight is 443 g/mol. The monoisotopic (exact) mass is 443 g/mol. The minimum absolute atomic E-state index is 0.0308. The maximum absolute atomic E-state index is 11.8. The van der Waals surface area contributed by atoms with E-state index in [-0.39, 0.29) is 17.6 Å². The molecular weight excluding hydrogens is 421 g/mol. The summed E-state index contributed by atoms with van der Waals surface area (Å²) in [5.41, 5.74) is 1.21. The van der Waals surface area contributed by atoms with Crippen molar-refractivity contribution in [2.24, 2.45) is 0 Å². The third-order valence-electron chi connectivity index (χ3n) is 4.85. The van der Waals surface area contributed by atoms with E-state index in [1.807, 2.05) is 23.1 Å². The molecule has 2 atom stereocenters. The van der Waals surface area contributed by atoms with Gasteiger partial charge in [0, 0.05) is 44.5 Å². The first-order valence-corrected chi connectivity index (χ1v) is 11.0. The average Bonchev–Trinajstić information content (AvgIpc) is 3.15. The van der Waals surface area contributed by atoms with Gasteiger partial charge in [-0.1, -0.05) is 11.3 Å². The topological polar surface area (TPSA) is 96.5 Å². The maximum atomic E-state index is 11.8. The molecule has 2 aromatic heterocycles. The first kappa shape index (κ1) is 20.5. The van der Waals surface area contributed by atoms with Crippen LogP contribution in [-0.2, 0) is 0 Å². The van der Waals surface area contributed by atoms with Crippen LogP contribution in [0.1, 0.15) is 23.3 Å². The Bertz CT molecular complexity index is 1090. The smallest absolute Gasteiger partial charge is 0.269 e. The number of benzene rings is 1. The Morgan fingerprint density at radius 2 is 2.10 bits per heavy atom. The van der Waals surface area contributed by atoms with Crippen LogP contribution in [0.15, 0.2) is 36.5 Å². The van der Waals surface area contributed by atoms with Crippen LogP contribution in [0, 0.1) is 0 Å². The molecule has 3 aromatic rings. The molecule has 1 saturated heterocycles. The Balaban J connectivity index is 1.47. The quantitative estimate of drug-likeness (QED) is 0.584. The molecule has 0 aliphatic carbocycles. The predicted octanol–water partition coefficient (Wildman–Crippen LogP) is 3.71. The van der Waals surface area contributed by atoms with E-state index >= 15 is 0 Å². The number of carbonyl (C=O) groups excluding carboxylic acids is 2. The van der Waals surface area contributed by atoms with Gasteiger partial charge in [-0.2, -0.15) is 0 Å². The highest BCUT2D eigenvalue weighted by atomic mass is 32.1. The van der Waals surface area contributed by atoms with Crippen LogP contribution < -0.4 is 15.4 Å². The molecule has 2 amide bonds. The lowest BCUT2D eigenvalue weighted by Crippen LogP contribution is -2.43. The van der Waals surface area contributed by atoms with Gasteiger partial charge in [0.05, 0.1) is 10.2 Å². The number of carbonyl (C=O) groups is 2. The molecule has 0 spiro atoms. The fraction of sp³-hybridized carbons (Fsp3) is 0.300. The van der Waals surface area contributed by atoms with Gasteiger partial charge in [0.1, 0.15) is 17.2 Å². The molecule has 4 rings (SSSR count). The lowest BCUT2D eigenvalue weighted by atomic mass is 10.1. The van der Waals surface area contributed by atoms with Crippen molar-refractivity contribution in [3.8, 4) is 11.5 Å². The van der Waals surface area contributed by atoms with E-state index in [1.54, 1.807) is 36.7 Å². The highest BCUT2D eigenvalue weighted by molar-refractivity contribution is 7.39. The minimum Gasteiger partial charge on any atom is -0.457 e. The molecule has 3 heterocycles. The minimum atomic E-state index is -0.265. The third kappa shape index (κ3) is 4.68. The second kappa shape index (κ2) is 8.93. The van der Waals surface area contributed by atoms with Crippen LogP contribution in [0.4, 0.5) is 9.93 Å². The number of nitrogens with zero attached hydrogens (tertiary/aromatic N) is 3. The molecule has 1 fully saturated rings. The van der Waals surface area contributed by atoms with Crippen molar-refractivity contribution >= 4 is 47.5 Å². The van der Waals surface area contributed by atoms with Gasteiger partial charge >= 0.3 is 0 Å². The first-order chi connectivity index (χ1) is 14.5. The molecule has 0 saturated carbocycles. The van der Waals surface area contributed by atoms with Crippen molar-refractivity contribution in [2.75, 3.05) is 25.5 Å². The summed E-state index contributed by atoms with van der Waals surface area (Å²) in [6, 6.07) is 9.19. The van der Waals surface area contributed by atoms with E-state index < -0.39 is 0 Å². The molecule has 1 aliphatic rings. The number of piperidine rings is 1. The molecule has 30 heavy (non-hydrogen) atoms. The number of anilines is 1. The van der Waals surface area contributed by atoms with E-state index in [4.69, 9.17) is 4.74 Å². The second-order valence-electron chi connectivity index (χ2n) is 6.97. The fourth-order valence-corrected chi connectivity index (χ4v) is 4.57. The Kier molecular flexibility index (Phi) is 6.11. The van der Waals surface area contributed by atoms with Gasteiger partial charge in [0.2, 0.25) is 5.65 Å². The molecule has 1 aliphatic heterocycles. The van der Waals surface area contributed by atoms with Gasteiger partial charge < -0.3 is 20.3 Å². The van der Waals surface area contributed by atoms with Crippen molar-refractivity contribution in [3.05, 3.63) is 42.2 Å². The largest absolute Gasteiger partial charge is 0.457 e. The molecule has 1 unspecified atom stereocenters. The number of nitrogens with one attached hydrogen (secondary N) is 2. The predicted molar refractivity (Wildman–Crippen MR) is 121 cm³/mol. The van der Waals surface area contributed by atoms with Crippen LogP contribution >= 0.6 is 20.6 Å². The number of hydrogen-bond acceptors (Lipinski definition) is 7. The van der Waals surface area contributed by atoms with E-state index in [9.17, 15) is 9.59 Å². The number of pyridine rings is 1. The van der Waals surface area contributed by atoms with E-state index in [0.29, 0.717) is 23.7 Å². The van der Waals surface area contributed by atoms with Crippen LogP contribution in [0.2, 0.25) is 0 Å². The summed E-state index contributed by atoms with van der Waals surface area (Å²) in [6.45, 7) is 1.49. The van der Waals surface area contributed by atoms with Crippen LogP contribution in [0.5, 0.6) is 11.5 Å². The van der Waals surface area contributed by atoms with Crippen molar-refractivity contribution in [1.82, 2.24) is 20.2 Å². The molecule has 156 valence electrons. The summed E-state index contributed by atoms with van der Waals surface area (Å²) >= 11 is 1.55. The van der Waals surface area contributed by atoms with Gasteiger partial charge in [-0.15, -0.1) is 0 Å². The standard InChI is InChI=1S/C20H22N5O3PS/c1-21-18(26)16-9-14(6-7-22-16)28-13-4-5-15-17(10-13)30-19(24-15)23-12-3-2-8-25(11-12)20(27)29/h4-7,9-10,12H,2-3,8,11,29H2,1H3,(H,21,26)(H,23,24)/t12-/m0/s1. The number of fused-ring (bicyclic) bond motifs is 1. The molecule has 10 heteroatoms. The normalized spacial score (nSPS) is 16.3. The summed E-state index contributed by atoms with van der Waals surface area (Å²) < 4.78 is 6.90. The number of aromatic nitrogens is 2. The molecule has 2 N–H and O–H groups in total. The Labute approximate surface area is 180 Å². The van der Waals surface area contributed by atoms with Crippen molar-refractivity contribution < 1.29 is 14.3 Å². The van der Waals surface area contributed by atoms with Gasteiger partial charge in [-0.25, -0.2) is 4.98 Å². The fourth-order valence-electron chi connectivity index (χ4n) is 3.36. The third-order valence-corrected chi connectivity index (χ3v) is 6.16. The molecule has 0 radical (unpaired) electrons. The number of thiazole rings is 1. The second-order valence-corrected chi connectivity index (χ2v) is 8.50. The Hall–Kier alpha value is -2.77. The van der Waals surface area contributed by atoms with Crippen LogP contribution in [0.25, 0.3) is 10.2 Å². The van der Waals surface area contributed by atoms with Crippen molar-refractivity contribution in [2.45, 2.75) is 18.9 Å². The van der Waals surface area contributed by atoms with Crippen molar-refractivity contribution in [1.29, 1.82) is 0 Å². The van der Waals surface area contributed by atoms with Crippen LogP contribution in [-0.4, -0.2) is 52.6 Å². The maximum Gasteiger partial charge on any atom is 0.269 e. The summed E-state index contributed by atoms with van der Waals surface area (Å²) in [4.78, 5) is 33.9. The number of hydrogen-bond donors (Lipinski definition) is 2. The van der Waals surface area contributed by atoms with E-state index in [2.05, 4.69) is 29.8 Å². The number of likely N-dealkylation sites (tertiary alicyclic amines) is 1. The summed E-state index contributed by atoms with van der Waals surface area (Å²) in [7, 11) is 3.81. The van der Waals surface area contributed by atoms with E-state index in [0.717, 1.165) is 34.7 Å². The number of ether oxygens (including phenoxy) is 1. The lowest BCUT2D eigenvalue weighted by Gasteiger charge is -2.32. The summed E-state index contributed by atoms with van der Waals surface area (Å²) in [5.74, 6) is 0.929. The highest BCUT2D eigenvalue weighted by Gasteiger charge is 2.22. The SMILES string of the molecule is CNC(=O)c1cc(Oc2ccc3nc(N[C@H]4CCCN(C(=O)P)C4)sc3c2)ccn1. The molecular formula is C20H22N5O3PS. The molecule has 0 bridgehead atoms. The Morgan fingerprint density at radius 3 is 2.90 bits per heavy atom. The van der Waals surface area contributed by atoms with Gasteiger partial charge in [0.15, 0.2) is 5.13 Å². The van der Waals surface area contributed by atoms with Gasteiger partial charge in [0.25, 0.3) is 5.91 Å². The highest BCUT2D eigenvalue weighted by Crippen LogP contribution is 2.32. The summed E-state index contributed by atoms with van der Waals surface area (Å²) in [5, 5.41) is 6.84. The number of rotatable bonds is 5. The number of amides is 2. The van der Waals surface area contributed by atoms with Crippen molar-refractivity contribution in [3.63, 3.8) is 0 Å². The van der Waals surface area contributed by atoms with Crippen LogP contribution in [0.3, 0.4) is 0 Å². The molecule has 8 nitrogen and oxygen atoms in total. The lowest BCUT2D eigenvalue weighted by molar-refractivity contribution is 0.0958. The zero-order chi connectivity index (χ0) is 21.1. The van der Waals surface area contributed by atoms with Gasteiger partial charge in [-0.3, -0.25) is 14.6 Å². The summed E-state index contributed by atoms with van der Waals surface area (Å²) in [6.07, 6.45) is 3.53.